The maximum atomic E-state index is 12.3. The number of amides is 1. The summed E-state index contributed by atoms with van der Waals surface area (Å²) < 4.78 is 0. The van der Waals surface area contributed by atoms with Crippen LogP contribution in [0.1, 0.15) is 15.5 Å². The van der Waals surface area contributed by atoms with E-state index in [1.807, 2.05) is 4.90 Å². The monoisotopic (exact) mass is 308 g/mol. The number of carbonyl (C=O) groups is 1. The molecule has 2 aromatic heterocycles. The van der Waals surface area contributed by atoms with Crippen LogP contribution in [-0.2, 0) is 6.54 Å². The van der Waals surface area contributed by atoms with Crippen LogP contribution in [0.3, 0.4) is 0 Å². The predicted octanol–water partition coefficient (Wildman–Crippen LogP) is 1.63. The highest BCUT2D eigenvalue weighted by Crippen LogP contribution is 2.23. The molecule has 20 heavy (non-hydrogen) atoms. The number of hydrogen-bond donors (Lipinski definition) is 1. The van der Waals surface area contributed by atoms with E-state index in [2.05, 4.69) is 27.4 Å². The van der Waals surface area contributed by atoms with Gasteiger partial charge in [-0.1, -0.05) is 0 Å². The second kappa shape index (κ2) is 5.90. The highest BCUT2D eigenvalue weighted by Gasteiger charge is 2.24. The molecule has 3 heterocycles. The quantitative estimate of drug-likeness (QED) is 0.936. The van der Waals surface area contributed by atoms with Crippen molar-refractivity contribution in [2.24, 2.45) is 5.73 Å². The van der Waals surface area contributed by atoms with Crippen molar-refractivity contribution in [3.8, 4) is 0 Å². The van der Waals surface area contributed by atoms with Crippen molar-refractivity contribution in [2.45, 2.75) is 6.54 Å². The molecule has 0 aromatic carbocycles. The molecule has 1 saturated heterocycles. The number of aromatic nitrogens is 1. The number of carbonyl (C=O) groups excluding carboxylic acids is 1. The third kappa shape index (κ3) is 2.70. The van der Waals surface area contributed by atoms with E-state index in [0.717, 1.165) is 31.2 Å². The van der Waals surface area contributed by atoms with E-state index in [4.69, 9.17) is 5.73 Å². The first kappa shape index (κ1) is 13.5. The van der Waals surface area contributed by atoms with Crippen LogP contribution in [0.25, 0.3) is 0 Å². The van der Waals surface area contributed by atoms with Crippen LogP contribution in [-0.4, -0.2) is 42.0 Å². The van der Waals surface area contributed by atoms with Gasteiger partial charge in [-0.15, -0.1) is 22.7 Å². The number of thiazole rings is 1. The molecular formula is C13H16N4OS2. The summed E-state index contributed by atoms with van der Waals surface area (Å²) in [5.74, 6) is 0.0202. The summed E-state index contributed by atoms with van der Waals surface area (Å²) in [6, 6.07) is 4.18. The summed E-state index contributed by atoms with van der Waals surface area (Å²) >= 11 is 3.19. The zero-order valence-corrected chi connectivity index (χ0v) is 12.6. The van der Waals surface area contributed by atoms with Crippen LogP contribution in [0.4, 0.5) is 5.00 Å². The standard InChI is InChI=1S/C13H16N4OS2/c14-8-11-15-10(9-20-11)13(18)17-5-3-16(4-6-17)12-2-1-7-19-12/h1-2,7,9H,3-6,8,14H2. The average molecular weight is 308 g/mol. The number of nitrogens with two attached hydrogens (primary N) is 1. The van der Waals surface area contributed by atoms with E-state index >= 15 is 0 Å². The fourth-order valence-corrected chi connectivity index (χ4v) is 3.68. The van der Waals surface area contributed by atoms with E-state index in [1.165, 1.54) is 16.3 Å². The molecule has 0 unspecified atom stereocenters. The van der Waals surface area contributed by atoms with Crippen molar-refractivity contribution in [2.75, 3.05) is 31.1 Å². The summed E-state index contributed by atoms with van der Waals surface area (Å²) in [6.45, 7) is 3.63. The summed E-state index contributed by atoms with van der Waals surface area (Å²) in [6.07, 6.45) is 0. The van der Waals surface area contributed by atoms with Crippen molar-refractivity contribution in [1.82, 2.24) is 9.88 Å². The van der Waals surface area contributed by atoms with Crippen LogP contribution >= 0.6 is 22.7 Å². The molecule has 0 saturated carbocycles. The SMILES string of the molecule is NCc1nc(C(=O)N2CCN(c3cccs3)CC2)cs1. The van der Waals surface area contributed by atoms with Gasteiger partial charge in [0.2, 0.25) is 0 Å². The van der Waals surface area contributed by atoms with Crippen LogP contribution in [0.15, 0.2) is 22.9 Å². The Morgan fingerprint density at radius 2 is 2.10 bits per heavy atom. The second-order valence-electron chi connectivity index (χ2n) is 4.56. The van der Waals surface area contributed by atoms with E-state index in [1.54, 1.807) is 16.7 Å². The first-order valence-electron chi connectivity index (χ1n) is 6.50. The Morgan fingerprint density at radius 1 is 1.30 bits per heavy atom. The van der Waals surface area contributed by atoms with Gasteiger partial charge in [0.05, 0.1) is 5.00 Å². The molecule has 106 valence electrons. The zero-order valence-electron chi connectivity index (χ0n) is 11.0. The van der Waals surface area contributed by atoms with Crippen LogP contribution < -0.4 is 10.6 Å². The Hall–Kier alpha value is -1.44. The minimum absolute atomic E-state index is 0.0202. The van der Waals surface area contributed by atoms with E-state index in [9.17, 15) is 4.79 Å². The third-order valence-corrected chi connectivity index (χ3v) is 5.13. The Labute approximate surface area is 125 Å². The Kier molecular flexibility index (Phi) is 4.00. The molecule has 1 aliphatic rings. The highest BCUT2D eigenvalue weighted by molar-refractivity contribution is 7.14. The Bertz CT molecular complexity index is 573. The molecule has 1 aliphatic heterocycles. The second-order valence-corrected chi connectivity index (χ2v) is 6.43. The van der Waals surface area contributed by atoms with Crippen molar-refractivity contribution in [3.63, 3.8) is 0 Å². The lowest BCUT2D eigenvalue weighted by molar-refractivity contribution is 0.0741. The number of nitrogens with zero attached hydrogens (tertiary/aromatic N) is 3. The predicted molar refractivity (Wildman–Crippen MR) is 82.4 cm³/mol. The van der Waals surface area contributed by atoms with Crippen molar-refractivity contribution < 1.29 is 4.79 Å². The molecule has 0 aliphatic carbocycles. The molecule has 0 spiro atoms. The van der Waals surface area contributed by atoms with Gasteiger partial charge in [0.25, 0.3) is 5.91 Å². The number of thiophene rings is 1. The maximum Gasteiger partial charge on any atom is 0.273 e. The molecule has 5 nitrogen and oxygen atoms in total. The topological polar surface area (TPSA) is 62.5 Å². The molecule has 1 amide bonds. The molecule has 0 radical (unpaired) electrons. The fourth-order valence-electron chi connectivity index (χ4n) is 2.24. The lowest BCUT2D eigenvalue weighted by Crippen LogP contribution is -2.48. The third-order valence-electron chi connectivity index (χ3n) is 3.33. The normalized spacial score (nSPS) is 15.7. The summed E-state index contributed by atoms with van der Waals surface area (Å²) in [5.41, 5.74) is 6.06. The minimum atomic E-state index is 0.0202. The lowest BCUT2D eigenvalue weighted by atomic mass is 10.3. The molecule has 0 bridgehead atoms. The summed E-state index contributed by atoms with van der Waals surface area (Å²) in [5, 5.41) is 5.97. The molecule has 2 N–H and O–H groups in total. The van der Waals surface area contributed by atoms with E-state index in [-0.39, 0.29) is 5.91 Å². The van der Waals surface area contributed by atoms with Gasteiger partial charge < -0.3 is 15.5 Å². The molecule has 1 fully saturated rings. The first-order valence-corrected chi connectivity index (χ1v) is 8.26. The van der Waals surface area contributed by atoms with Gasteiger partial charge in [0.1, 0.15) is 10.7 Å². The van der Waals surface area contributed by atoms with Crippen molar-refractivity contribution >= 4 is 33.6 Å². The minimum Gasteiger partial charge on any atom is -0.360 e. The molecule has 2 aromatic rings. The summed E-state index contributed by atoms with van der Waals surface area (Å²) in [7, 11) is 0. The largest absolute Gasteiger partial charge is 0.360 e. The van der Waals surface area contributed by atoms with Gasteiger partial charge in [0, 0.05) is 38.1 Å². The zero-order chi connectivity index (χ0) is 13.9. The van der Waals surface area contributed by atoms with E-state index < -0.39 is 0 Å². The number of rotatable bonds is 3. The number of hydrogen-bond acceptors (Lipinski definition) is 6. The van der Waals surface area contributed by atoms with Crippen LogP contribution in [0.2, 0.25) is 0 Å². The van der Waals surface area contributed by atoms with Gasteiger partial charge in [-0.2, -0.15) is 0 Å². The molecule has 7 heteroatoms. The van der Waals surface area contributed by atoms with Crippen LogP contribution in [0, 0.1) is 0 Å². The lowest BCUT2D eigenvalue weighted by Gasteiger charge is -2.34. The van der Waals surface area contributed by atoms with Crippen molar-refractivity contribution in [3.05, 3.63) is 33.6 Å². The number of anilines is 1. The molecule has 0 atom stereocenters. The van der Waals surface area contributed by atoms with Gasteiger partial charge in [-0.05, 0) is 17.5 Å². The molecular weight excluding hydrogens is 292 g/mol. The molecule has 3 rings (SSSR count). The van der Waals surface area contributed by atoms with Crippen LogP contribution in [0.5, 0.6) is 0 Å². The fraction of sp³-hybridized carbons (Fsp3) is 0.385. The number of piperazine rings is 1. The van der Waals surface area contributed by atoms with Gasteiger partial charge in [0.15, 0.2) is 0 Å². The highest BCUT2D eigenvalue weighted by atomic mass is 32.1. The Balaban J connectivity index is 1.61. The maximum absolute atomic E-state index is 12.3. The first-order chi connectivity index (χ1) is 9.78. The Morgan fingerprint density at radius 3 is 2.70 bits per heavy atom. The smallest absolute Gasteiger partial charge is 0.273 e. The van der Waals surface area contributed by atoms with Gasteiger partial charge in [-0.3, -0.25) is 4.79 Å². The van der Waals surface area contributed by atoms with Gasteiger partial charge in [-0.25, -0.2) is 4.98 Å². The summed E-state index contributed by atoms with van der Waals surface area (Å²) in [4.78, 5) is 20.8. The van der Waals surface area contributed by atoms with Crippen molar-refractivity contribution in [1.29, 1.82) is 0 Å². The van der Waals surface area contributed by atoms with Gasteiger partial charge >= 0.3 is 0 Å². The van der Waals surface area contributed by atoms with E-state index in [0.29, 0.717) is 12.2 Å². The average Bonchev–Trinajstić information content (AvgIpc) is 3.18.